The van der Waals surface area contributed by atoms with Gasteiger partial charge in [-0.3, -0.25) is 4.98 Å². The van der Waals surface area contributed by atoms with Gasteiger partial charge in [0.15, 0.2) is 0 Å². The van der Waals surface area contributed by atoms with Crippen LogP contribution >= 0.6 is 0 Å². The molecule has 134 valence electrons. The van der Waals surface area contributed by atoms with Crippen LogP contribution in [0.15, 0.2) is 30.3 Å². The van der Waals surface area contributed by atoms with Crippen molar-refractivity contribution < 1.29 is 4.79 Å². The molecule has 1 aromatic heterocycles. The summed E-state index contributed by atoms with van der Waals surface area (Å²) in [5.41, 5.74) is 2.66. The molecule has 0 atom stereocenters. The van der Waals surface area contributed by atoms with E-state index in [1.807, 2.05) is 37.3 Å². The molecule has 0 saturated carbocycles. The first kappa shape index (κ1) is 17.6. The molecule has 6 nitrogen and oxygen atoms in total. The van der Waals surface area contributed by atoms with Gasteiger partial charge in [-0.2, -0.15) is 0 Å². The lowest BCUT2D eigenvalue weighted by atomic mass is 10.1. The van der Waals surface area contributed by atoms with Gasteiger partial charge < -0.3 is 20.4 Å². The van der Waals surface area contributed by atoms with Crippen molar-refractivity contribution in [2.75, 3.05) is 51.6 Å². The Bertz CT molecular complexity index is 725. The smallest absolute Gasteiger partial charge is 0.319 e. The summed E-state index contributed by atoms with van der Waals surface area (Å²) in [5, 5.41) is 6.85. The number of nitrogens with zero attached hydrogens (tertiary/aromatic N) is 3. The molecule has 1 aromatic carbocycles. The molecule has 2 aromatic rings. The number of rotatable bonds is 5. The molecule has 3 rings (SSSR count). The number of piperazine rings is 1. The molecule has 0 bridgehead atoms. The number of hydrogen-bond donors (Lipinski definition) is 2. The number of benzene rings is 1. The first-order chi connectivity index (χ1) is 12.1. The molecular weight excluding hydrogens is 314 g/mol. The lowest BCUT2D eigenvalue weighted by Gasteiger charge is -2.32. The fraction of sp³-hybridized carbons (Fsp3) is 0.474. The first-order valence-corrected chi connectivity index (χ1v) is 8.94. The molecule has 1 fully saturated rings. The summed E-state index contributed by atoms with van der Waals surface area (Å²) in [6.07, 6.45) is 0.966. The average molecular weight is 341 g/mol. The Kier molecular flexibility index (Phi) is 5.83. The van der Waals surface area contributed by atoms with Crippen molar-refractivity contribution in [2.45, 2.75) is 13.3 Å². The summed E-state index contributed by atoms with van der Waals surface area (Å²) >= 11 is 0. The van der Waals surface area contributed by atoms with E-state index in [0.717, 1.165) is 61.4 Å². The summed E-state index contributed by atoms with van der Waals surface area (Å²) in [4.78, 5) is 21.5. The predicted molar refractivity (Wildman–Crippen MR) is 102 cm³/mol. The van der Waals surface area contributed by atoms with Crippen LogP contribution in [0.4, 0.5) is 10.5 Å². The van der Waals surface area contributed by atoms with Crippen LogP contribution in [0.25, 0.3) is 10.9 Å². The Balaban J connectivity index is 1.45. The quantitative estimate of drug-likeness (QED) is 0.820. The fourth-order valence-corrected chi connectivity index (χ4v) is 3.11. The number of aryl methyl sites for hydroxylation is 1. The van der Waals surface area contributed by atoms with E-state index in [9.17, 15) is 4.79 Å². The van der Waals surface area contributed by atoms with Crippen LogP contribution in [0.1, 0.15) is 12.1 Å². The van der Waals surface area contributed by atoms with Crippen LogP contribution < -0.4 is 10.6 Å². The third-order valence-electron chi connectivity index (χ3n) is 4.65. The number of amides is 2. The van der Waals surface area contributed by atoms with Gasteiger partial charge in [0.1, 0.15) is 0 Å². The number of fused-ring (bicyclic) bond motifs is 1. The molecule has 1 aliphatic heterocycles. The zero-order valence-electron chi connectivity index (χ0n) is 15.1. The number of anilines is 1. The maximum absolute atomic E-state index is 12.2. The molecule has 2 N–H and O–H groups in total. The van der Waals surface area contributed by atoms with E-state index in [4.69, 9.17) is 0 Å². The van der Waals surface area contributed by atoms with Crippen molar-refractivity contribution in [1.29, 1.82) is 0 Å². The molecule has 1 aliphatic rings. The van der Waals surface area contributed by atoms with E-state index in [1.54, 1.807) is 0 Å². The lowest BCUT2D eigenvalue weighted by Crippen LogP contribution is -2.45. The predicted octanol–water partition coefficient (Wildman–Crippen LogP) is 2.30. The maximum atomic E-state index is 12.2. The topological polar surface area (TPSA) is 60.5 Å². The third kappa shape index (κ3) is 4.90. The molecule has 0 unspecified atom stereocenters. The van der Waals surface area contributed by atoms with Crippen LogP contribution in [-0.4, -0.2) is 67.1 Å². The summed E-state index contributed by atoms with van der Waals surface area (Å²) in [7, 11) is 2.16. The van der Waals surface area contributed by atoms with Crippen LogP contribution in [0.5, 0.6) is 0 Å². The van der Waals surface area contributed by atoms with E-state index in [0.29, 0.717) is 6.54 Å². The standard InChI is InChI=1S/C19H27N5O/c1-15-7-8-16-17(21-15)5-3-6-18(16)22-19(25)20-9-4-10-24-13-11-23(2)12-14-24/h3,5-8H,4,9-14H2,1-2H3,(H2,20,22,25). The van der Waals surface area contributed by atoms with Gasteiger partial charge in [0.25, 0.3) is 0 Å². The van der Waals surface area contributed by atoms with Crippen molar-refractivity contribution in [3.05, 3.63) is 36.0 Å². The van der Waals surface area contributed by atoms with Gasteiger partial charge in [-0.15, -0.1) is 0 Å². The first-order valence-electron chi connectivity index (χ1n) is 8.94. The number of nitrogens with one attached hydrogen (secondary N) is 2. The van der Waals surface area contributed by atoms with Crippen molar-refractivity contribution >= 4 is 22.6 Å². The Morgan fingerprint density at radius 3 is 2.76 bits per heavy atom. The summed E-state index contributed by atoms with van der Waals surface area (Å²) < 4.78 is 0. The number of likely N-dealkylation sites (N-methyl/N-ethyl adjacent to an activating group) is 1. The van der Waals surface area contributed by atoms with Gasteiger partial charge >= 0.3 is 6.03 Å². The molecule has 0 radical (unpaired) electrons. The fourth-order valence-electron chi connectivity index (χ4n) is 3.11. The van der Waals surface area contributed by atoms with Crippen molar-refractivity contribution in [1.82, 2.24) is 20.1 Å². The second-order valence-electron chi connectivity index (χ2n) is 6.70. The molecule has 0 aliphatic carbocycles. The van der Waals surface area contributed by atoms with Gasteiger partial charge in [0.05, 0.1) is 11.2 Å². The van der Waals surface area contributed by atoms with E-state index in [-0.39, 0.29) is 6.03 Å². The summed E-state index contributed by atoms with van der Waals surface area (Å²) in [6, 6.07) is 9.58. The second-order valence-corrected chi connectivity index (χ2v) is 6.70. The highest BCUT2D eigenvalue weighted by Crippen LogP contribution is 2.22. The SMILES string of the molecule is Cc1ccc2c(NC(=O)NCCCN3CCN(C)CC3)cccc2n1. The van der Waals surface area contributed by atoms with Crippen LogP contribution in [-0.2, 0) is 0 Å². The molecule has 1 saturated heterocycles. The number of urea groups is 1. The molecule has 0 spiro atoms. The number of carbonyl (C=O) groups is 1. The second kappa shape index (κ2) is 8.27. The molecule has 6 heteroatoms. The van der Waals surface area contributed by atoms with Gasteiger partial charge in [-0.25, -0.2) is 4.79 Å². The average Bonchev–Trinajstić information content (AvgIpc) is 2.60. The minimum atomic E-state index is -0.161. The monoisotopic (exact) mass is 341 g/mol. The van der Waals surface area contributed by atoms with Crippen molar-refractivity contribution in [3.63, 3.8) is 0 Å². The minimum absolute atomic E-state index is 0.161. The van der Waals surface area contributed by atoms with Crippen molar-refractivity contribution in [2.24, 2.45) is 0 Å². The number of pyridine rings is 1. The zero-order valence-corrected chi connectivity index (χ0v) is 15.1. The highest BCUT2D eigenvalue weighted by Gasteiger charge is 2.13. The van der Waals surface area contributed by atoms with Gasteiger partial charge in [-0.05, 0) is 51.2 Å². The third-order valence-corrected chi connectivity index (χ3v) is 4.65. The highest BCUT2D eigenvalue weighted by atomic mass is 16.2. The van der Waals surface area contributed by atoms with E-state index in [1.165, 1.54) is 0 Å². The molecular formula is C19H27N5O. The van der Waals surface area contributed by atoms with Crippen molar-refractivity contribution in [3.8, 4) is 0 Å². The van der Waals surface area contributed by atoms with E-state index in [2.05, 4.69) is 32.5 Å². The largest absolute Gasteiger partial charge is 0.338 e. The number of aromatic nitrogens is 1. The van der Waals surface area contributed by atoms with E-state index >= 15 is 0 Å². The van der Waals surface area contributed by atoms with E-state index < -0.39 is 0 Å². The van der Waals surface area contributed by atoms with Gasteiger partial charge in [0.2, 0.25) is 0 Å². The number of hydrogen-bond acceptors (Lipinski definition) is 4. The minimum Gasteiger partial charge on any atom is -0.338 e. The Morgan fingerprint density at radius 1 is 1.16 bits per heavy atom. The molecule has 2 amide bonds. The Hall–Kier alpha value is -2.18. The maximum Gasteiger partial charge on any atom is 0.319 e. The Morgan fingerprint density at radius 2 is 1.96 bits per heavy atom. The molecule has 2 heterocycles. The summed E-state index contributed by atoms with van der Waals surface area (Å²) in [6.45, 7) is 8.17. The molecule has 25 heavy (non-hydrogen) atoms. The van der Waals surface area contributed by atoms with Crippen LogP contribution in [0, 0.1) is 6.92 Å². The Labute approximate surface area is 149 Å². The number of carbonyl (C=O) groups excluding carboxylic acids is 1. The highest BCUT2D eigenvalue weighted by molar-refractivity contribution is 6.00. The normalized spacial score (nSPS) is 16.1. The van der Waals surface area contributed by atoms with Crippen LogP contribution in [0.2, 0.25) is 0 Å². The summed E-state index contributed by atoms with van der Waals surface area (Å²) in [5.74, 6) is 0. The van der Waals surface area contributed by atoms with Gasteiger partial charge in [0, 0.05) is 43.8 Å². The zero-order chi connectivity index (χ0) is 17.6. The van der Waals surface area contributed by atoms with Crippen LogP contribution in [0.3, 0.4) is 0 Å². The lowest BCUT2D eigenvalue weighted by molar-refractivity contribution is 0.153. The van der Waals surface area contributed by atoms with Gasteiger partial charge in [-0.1, -0.05) is 6.07 Å².